The van der Waals surface area contributed by atoms with Crippen LogP contribution in [0.15, 0.2) is 12.2 Å². The van der Waals surface area contributed by atoms with Crippen LogP contribution in [0.5, 0.6) is 0 Å². The number of rotatable bonds is 3. The predicted molar refractivity (Wildman–Crippen MR) is 125 cm³/mol. The monoisotopic (exact) mass is 514 g/mol. The highest BCUT2D eigenvalue weighted by Gasteiger charge is 2.76. The molecule has 1 spiro atoms. The van der Waals surface area contributed by atoms with Crippen LogP contribution in [0.2, 0.25) is 0 Å². The highest BCUT2D eigenvalue weighted by Crippen LogP contribution is 2.72. The highest BCUT2D eigenvalue weighted by molar-refractivity contribution is 5.34. The van der Waals surface area contributed by atoms with Gasteiger partial charge < -0.3 is 50.3 Å². The average molecular weight is 515 g/mol. The molecule has 5 aliphatic rings. The molecule has 0 aromatic heterocycles. The summed E-state index contributed by atoms with van der Waals surface area (Å²) in [6, 6.07) is 0. The maximum absolute atomic E-state index is 11.6. The first-order valence-electron chi connectivity index (χ1n) is 13.1. The molecule has 1 heterocycles. The van der Waals surface area contributed by atoms with Crippen LogP contribution in [0.25, 0.3) is 0 Å². The standard InChI is InChI=1S/C26H42O10/c1-10-17-11(28)7-14-25(4)13(8-15(29)26(14,21(10)33)22(17)34)24(2,3)6-5-16(25)36-23-20(32)19(31)18(30)12(9-27)35-23/h11-23,27-34H,1,5-9H2,2-4H3. The van der Waals surface area contributed by atoms with E-state index in [4.69, 9.17) is 9.47 Å². The largest absolute Gasteiger partial charge is 0.394 e. The van der Waals surface area contributed by atoms with Crippen molar-refractivity contribution in [1.82, 2.24) is 0 Å². The van der Waals surface area contributed by atoms with Crippen molar-refractivity contribution in [2.45, 2.75) is 108 Å². The lowest BCUT2D eigenvalue weighted by molar-refractivity contribution is -0.347. The number of hydrogen-bond acceptors (Lipinski definition) is 10. The number of aliphatic hydroxyl groups excluding tert-OH is 8. The van der Waals surface area contributed by atoms with E-state index in [0.29, 0.717) is 18.4 Å². The summed E-state index contributed by atoms with van der Waals surface area (Å²) in [5.41, 5.74) is -2.01. The summed E-state index contributed by atoms with van der Waals surface area (Å²) < 4.78 is 12.0. The minimum absolute atomic E-state index is 0.128. The Hall–Kier alpha value is -0.660. The van der Waals surface area contributed by atoms with Gasteiger partial charge in [0.05, 0.1) is 42.5 Å². The van der Waals surface area contributed by atoms with Crippen LogP contribution in [0.4, 0.5) is 0 Å². The number of ether oxygens (including phenoxy) is 2. The van der Waals surface area contributed by atoms with Gasteiger partial charge in [-0.1, -0.05) is 27.4 Å². The van der Waals surface area contributed by atoms with Crippen molar-refractivity contribution >= 4 is 0 Å². The van der Waals surface area contributed by atoms with Crippen LogP contribution in [-0.4, -0.2) is 109 Å². The van der Waals surface area contributed by atoms with E-state index >= 15 is 0 Å². The minimum atomic E-state index is -1.58. The second-order valence-corrected chi connectivity index (χ2v) is 12.8. The molecule has 4 aliphatic carbocycles. The molecular formula is C26H42O10. The van der Waals surface area contributed by atoms with Crippen LogP contribution in [-0.2, 0) is 9.47 Å². The average Bonchev–Trinajstić information content (AvgIpc) is 2.95. The second kappa shape index (κ2) is 8.67. The lowest BCUT2D eigenvalue weighted by atomic mass is 9.38. The van der Waals surface area contributed by atoms with Crippen molar-refractivity contribution in [3.63, 3.8) is 0 Å². The Morgan fingerprint density at radius 2 is 1.61 bits per heavy atom. The summed E-state index contributed by atoms with van der Waals surface area (Å²) in [6.45, 7) is 9.63. The molecular weight excluding hydrogens is 472 g/mol. The predicted octanol–water partition coefficient (Wildman–Crippen LogP) is -1.35. The second-order valence-electron chi connectivity index (χ2n) is 12.8. The number of fused-ring (bicyclic) bond motifs is 3. The van der Waals surface area contributed by atoms with E-state index in [1.54, 1.807) is 0 Å². The van der Waals surface area contributed by atoms with Crippen molar-refractivity contribution in [3.05, 3.63) is 12.2 Å². The Bertz CT molecular complexity index is 879. The zero-order chi connectivity index (χ0) is 26.5. The topological polar surface area (TPSA) is 180 Å². The van der Waals surface area contributed by atoms with Crippen molar-refractivity contribution in [2.24, 2.45) is 34.0 Å². The van der Waals surface area contributed by atoms with Crippen LogP contribution < -0.4 is 0 Å². The maximum Gasteiger partial charge on any atom is 0.186 e. The third kappa shape index (κ3) is 3.27. The molecule has 2 bridgehead atoms. The molecule has 10 nitrogen and oxygen atoms in total. The molecule has 4 saturated carbocycles. The van der Waals surface area contributed by atoms with Crippen molar-refractivity contribution in [2.75, 3.05) is 6.61 Å². The van der Waals surface area contributed by atoms with Crippen molar-refractivity contribution in [1.29, 1.82) is 0 Å². The summed E-state index contributed by atoms with van der Waals surface area (Å²) in [5.74, 6) is -1.41. The summed E-state index contributed by atoms with van der Waals surface area (Å²) in [4.78, 5) is 0. The van der Waals surface area contributed by atoms with Gasteiger partial charge in [-0.25, -0.2) is 0 Å². The summed E-state index contributed by atoms with van der Waals surface area (Å²) >= 11 is 0. The van der Waals surface area contributed by atoms with Crippen LogP contribution >= 0.6 is 0 Å². The van der Waals surface area contributed by atoms with E-state index in [2.05, 4.69) is 20.4 Å². The fourth-order valence-electron chi connectivity index (χ4n) is 9.11. The summed E-state index contributed by atoms with van der Waals surface area (Å²) in [5, 5.41) is 86.3. The van der Waals surface area contributed by atoms with Crippen molar-refractivity contribution in [3.8, 4) is 0 Å². The fraction of sp³-hybridized carbons (Fsp3) is 0.923. The first-order valence-corrected chi connectivity index (χ1v) is 13.1. The molecule has 0 radical (unpaired) electrons. The molecule has 0 aromatic carbocycles. The van der Waals surface area contributed by atoms with Gasteiger partial charge in [0.2, 0.25) is 0 Å². The maximum atomic E-state index is 11.6. The first kappa shape index (κ1) is 26.9. The Labute approximate surface area is 211 Å². The van der Waals surface area contributed by atoms with E-state index in [9.17, 15) is 40.9 Å². The van der Waals surface area contributed by atoms with Crippen molar-refractivity contribution < 1.29 is 50.3 Å². The zero-order valence-corrected chi connectivity index (χ0v) is 21.1. The summed E-state index contributed by atoms with van der Waals surface area (Å²) in [6.07, 6.45) is -10.3. The normalized spacial score (nSPS) is 58.3. The van der Waals surface area contributed by atoms with Crippen LogP contribution in [0, 0.1) is 34.0 Å². The van der Waals surface area contributed by atoms with Gasteiger partial charge in [0.1, 0.15) is 24.4 Å². The highest BCUT2D eigenvalue weighted by atomic mass is 16.7. The molecule has 10 heteroatoms. The van der Waals surface area contributed by atoms with E-state index in [-0.39, 0.29) is 17.8 Å². The SMILES string of the molecule is C=C1C2C(O)CC3C4(C)C(OC5OC(CO)C(O)C(O)C5O)CCC(C)(C)C4CC(O)C3(C1O)C2O. The molecule has 5 fully saturated rings. The molecule has 36 heavy (non-hydrogen) atoms. The Morgan fingerprint density at radius 1 is 0.944 bits per heavy atom. The van der Waals surface area contributed by atoms with Crippen LogP contribution in [0.1, 0.15) is 46.5 Å². The van der Waals surface area contributed by atoms with E-state index in [1.165, 1.54) is 0 Å². The summed E-state index contributed by atoms with van der Waals surface area (Å²) in [7, 11) is 0. The smallest absolute Gasteiger partial charge is 0.186 e. The molecule has 206 valence electrons. The molecule has 1 aliphatic heterocycles. The Morgan fingerprint density at radius 3 is 2.25 bits per heavy atom. The van der Waals surface area contributed by atoms with Crippen LogP contribution in [0.3, 0.4) is 0 Å². The van der Waals surface area contributed by atoms with Gasteiger partial charge in [0.15, 0.2) is 6.29 Å². The molecule has 15 atom stereocenters. The van der Waals surface area contributed by atoms with E-state index in [1.807, 2.05) is 6.92 Å². The third-order valence-electron chi connectivity index (χ3n) is 11.0. The molecule has 0 aromatic rings. The van der Waals surface area contributed by atoms with Gasteiger partial charge in [-0.05, 0) is 48.5 Å². The minimum Gasteiger partial charge on any atom is -0.394 e. The fourth-order valence-corrected chi connectivity index (χ4v) is 9.11. The number of hydrogen-bond donors (Lipinski definition) is 8. The molecule has 0 amide bonds. The lowest BCUT2D eigenvalue weighted by Gasteiger charge is -2.68. The molecule has 8 N–H and O–H groups in total. The molecule has 1 saturated heterocycles. The van der Waals surface area contributed by atoms with Gasteiger partial charge in [-0.2, -0.15) is 0 Å². The Kier molecular flexibility index (Phi) is 6.49. The first-order chi connectivity index (χ1) is 16.7. The van der Waals surface area contributed by atoms with E-state index in [0.717, 1.165) is 6.42 Å². The van der Waals surface area contributed by atoms with Gasteiger partial charge in [-0.3, -0.25) is 0 Å². The lowest BCUT2D eigenvalue weighted by Crippen LogP contribution is -2.72. The molecule has 5 rings (SSSR count). The van der Waals surface area contributed by atoms with Gasteiger partial charge in [0, 0.05) is 11.3 Å². The van der Waals surface area contributed by atoms with Gasteiger partial charge in [0.25, 0.3) is 0 Å². The van der Waals surface area contributed by atoms with E-state index < -0.39 is 90.5 Å². The quantitative estimate of drug-likeness (QED) is 0.210. The van der Waals surface area contributed by atoms with Gasteiger partial charge >= 0.3 is 0 Å². The third-order valence-corrected chi connectivity index (χ3v) is 11.0. The number of aliphatic hydroxyl groups is 8. The zero-order valence-electron chi connectivity index (χ0n) is 21.1. The van der Waals surface area contributed by atoms with Gasteiger partial charge in [-0.15, -0.1) is 0 Å². The molecule has 15 unspecified atom stereocenters. The Balaban J connectivity index is 1.57.